The van der Waals surface area contributed by atoms with Crippen molar-refractivity contribution in [1.29, 1.82) is 0 Å². The van der Waals surface area contributed by atoms with Gasteiger partial charge in [0.2, 0.25) is 0 Å². The van der Waals surface area contributed by atoms with Crippen molar-refractivity contribution >= 4 is 11.6 Å². The Kier molecular flexibility index (Phi) is 3.82. The van der Waals surface area contributed by atoms with E-state index in [4.69, 9.17) is 4.74 Å². The van der Waals surface area contributed by atoms with Gasteiger partial charge in [-0.05, 0) is 36.2 Å². The number of hydrogen-bond donors (Lipinski definition) is 0. The van der Waals surface area contributed by atoms with E-state index in [0.717, 1.165) is 6.92 Å². The van der Waals surface area contributed by atoms with Gasteiger partial charge in [-0.3, -0.25) is 4.79 Å². The van der Waals surface area contributed by atoms with E-state index in [9.17, 15) is 14.9 Å². The highest BCUT2D eigenvalue weighted by Gasteiger charge is 2.22. The molecule has 0 saturated heterocycles. The van der Waals surface area contributed by atoms with Crippen LogP contribution < -0.4 is 9.75 Å². The van der Waals surface area contributed by atoms with Crippen LogP contribution in [0.15, 0.2) is 24.3 Å². The van der Waals surface area contributed by atoms with Crippen molar-refractivity contribution in [3.8, 4) is 5.75 Å². The first-order valence-electron chi connectivity index (χ1n) is 4.74. The number of hydrogen-bond acceptors (Lipinski definition) is 4. The van der Waals surface area contributed by atoms with Gasteiger partial charge in [0, 0.05) is 6.92 Å². The van der Waals surface area contributed by atoms with Crippen molar-refractivity contribution in [2.75, 3.05) is 11.6 Å². The lowest BCUT2D eigenvalue weighted by Crippen LogP contribution is -2.34. The standard InChI is InChI=1S/C10H12N2O4/c1-3-16-10-6-4-9(5-7-10)11(8(2)13)12(14)15/h4-7H,3H2,1-2H3. The highest BCUT2D eigenvalue weighted by Crippen LogP contribution is 2.19. The lowest BCUT2D eigenvalue weighted by atomic mass is 10.3. The average Bonchev–Trinajstić information content (AvgIpc) is 2.20. The molecule has 0 saturated carbocycles. The number of nitrogens with zero attached hydrogens (tertiary/aromatic N) is 2. The van der Waals surface area contributed by atoms with Crippen LogP contribution in [0.2, 0.25) is 0 Å². The summed E-state index contributed by atoms with van der Waals surface area (Å²) in [5.74, 6) is -0.0349. The fourth-order valence-electron chi connectivity index (χ4n) is 1.24. The minimum Gasteiger partial charge on any atom is -0.494 e. The van der Waals surface area contributed by atoms with Crippen molar-refractivity contribution in [1.82, 2.24) is 0 Å². The number of anilines is 1. The smallest absolute Gasteiger partial charge is 0.286 e. The van der Waals surface area contributed by atoms with E-state index in [0.29, 0.717) is 17.4 Å². The highest BCUT2D eigenvalue weighted by molar-refractivity contribution is 5.88. The van der Waals surface area contributed by atoms with E-state index in [2.05, 4.69) is 0 Å². The van der Waals surface area contributed by atoms with Crippen molar-refractivity contribution in [2.24, 2.45) is 0 Å². The molecule has 1 aromatic rings. The number of carbonyl (C=O) groups excluding carboxylic acids is 1. The van der Waals surface area contributed by atoms with E-state index < -0.39 is 10.9 Å². The summed E-state index contributed by atoms with van der Waals surface area (Å²) in [7, 11) is 0. The molecule has 1 rings (SSSR count). The predicted molar refractivity (Wildman–Crippen MR) is 57.8 cm³/mol. The van der Waals surface area contributed by atoms with E-state index >= 15 is 0 Å². The number of amides is 1. The maximum absolute atomic E-state index is 11.0. The zero-order valence-corrected chi connectivity index (χ0v) is 9.04. The van der Waals surface area contributed by atoms with Gasteiger partial charge in [0.15, 0.2) is 5.03 Å². The zero-order valence-electron chi connectivity index (χ0n) is 9.04. The Labute approximate surface area is 92.5 Å². The summed E-state index contributed by atoms with van der Waals surface area (Å²) in [6, 6.07) is 6.10. The fourth-order valence-corrected chi connectivity index (χ4v) is 1.24. The molecule has 0 atom stereocenters. The number of hydrazine groups is 1. The molecule has 16 heavy (non-hydrogen) atoms. The second-order valence-electron chi connectivity index (χ2n) is 3.00. The molecule has 0 aliphatic heterocycles. The van der Waals surface area contributed by atoms with Crippen LogP contribution in [-0.4, -0.2) is 17.5 Å². The number of ether oxygens (including phenoxy) is 1. The molecule has 6 nitrogen and oxygen atoms in total. The van der Waals surface area contributed by atoms with E-state index in [1.54, 1.807) is 12.1 Å². The molecule has 6 heteroatoms. The third-order valence-corrected chi connectivity index (χ3v) is 1.85. The predicted octanol–water partition coefficient (Wildman–Crippen LogP) is 1.63. The minimum atomic E-state index is -0.752. The molecule has 1 aromatic carbocycles. The van der Waals surface area contributed by atoms with E-state index in [1.165, 1.54) is 12.1 Å². The molecule has 0 bridgehead atoms. The third kappa shape index (κ3) is 2.69. The summed E-state index contributed by atoms with van der Waals surface area (Å²) in [6.07, 6.45) is 0. The molecule has 0 aliphatic rings. The Morgan fingerprint density at radius 2 is 2.00 bits per heavy atom. The molecule has 0 spiro atoms. The quantitative estimate of drug-likeness (QED) is 0.575. The molecule has 0 unspecified atom stereocenters. The summed E-state index contributed by atoms with van der Waals surface area (Å²) in [4.78, 5) is 21.7. The third-order valence-electron chi connectivity index (χ3n) is 1.85. The van der Waals surface area contributed by atoms with Crippen LogP contribution in [0.1, 0.15) is 13.8 Å². The fraction of sp³-hybridized carbons (Fsp3) is 0.300. The van der Waals surface area contributed by atoms with Crippen LogP contribution in [0.3, 0.4) is 0 Å². The summed E-state index contributed by atoms with van der Waals surface area (Å²) in [5, 5.41) is 10.4. The van der Waals surface area contributed by atoms with Crippen LogP contribution in [0, 0.1) is 10.1 Å². The van der Waals surface area contributed by atoms with E-state index in [1.807, 2.05) is 6.92 Å². The topological polar surface area (TPSA) is 72.7 Å². The molecule has 0 heterocycles. The number of carbonyl (C=O) groups is 1. The van der Waals surface area contributed by atoms with Crippen LogP contribution in [-0.2, 0) is 4.79 Å². The zero-order chi connectivity index (χ0) is 12.1. The van der Waals surface area contributed by atoms with Gasteiger partial charge >= 0.3 is 0 Å². The summed E-state index contributed by atoms with van der Waals surface area (Å²) >= 11 is 0. The normalized spacial score (nSPS) is 9.62. The minimum absolute atomic E-state index is 0.209. The van der Waals surface area contributed by atoms with Crippen LogP contribution in [0.5, 0.6) is 5.75 Å². The maximum atomic E-state index is 11.0. The molecular formula is C10H12N2O4. The van der Waals surface area contributed by atoms with Crippen LogP contribution in [0.4, 0.5) is 5.69 Å². The van der Waals surface area contributed by atoms with Crippen molar-refractivity contribution in [3.63, 3.8) is 0 Å². The van der Waals surface area contributed by atoms with Gasteiger partial charge in [0.05, 0.1) is 6.61 Å². The van der Waals surface area contributed by atoms with Crippen LogP contribution in [0.25, 0.3) is 0 Å². The Balaban J connectivity index is 2.94. The molecule has 0 N–H and O–H groups in total. The second-order valence-corrected chi connectivity index (χ2v) is 3.00. The Morgan fingerprint density at radius 3 is 2.38 bits per heavy atom. The molecular weight excluding hydrogens is 212 g/mol. The lowest BCUT2D eigenvalue weighted by molar-refractivity contribution is -0.483. The number of benzene rings is 1. The van der Waals surface area contributed by atoms with Gasteiger partial charge in [-0.15, -0.1) is 0 Å². The largest absolute Gasteiger partial charge is 0.494 e. The Morgan fingerprint density at radius 1 is 1.44 bits per heavy atom. The highest BCUT2D eigenvalue weighted by atomic mass is 16.7. The summed E-state index contributed by atoms with van der Waals surface area (Å²) in [5.41, 5.74) is 0.209. The Hall–Kier alpha value is -2.11. The molecule has 86 valence electrons. The molecule has 0 fully saturated rings. The van der Waals surface area contributed by atoms with Gasteiger partial charge < -0.3 is 4.74 Å². The first kappa shape index (κ1) is 12.0. The first-order chi connectivity index (χ1) is 7.56. The molecule has 0 radical (unpaired) electrons. The monoisotopic (exact) mass is 224 g/mol. The second kappa shape index (κ2) is 5.11. The first-order valence-corrected chi connectivity index (χ1v) is 4.74. The number of nitro groups is 1. The van der Waals surface area contributed by atoms with Gasteiger partial charge in [0.25, 0.3) is 5.91 Å². The average molecular weight is 224 g/mol. The van der Waals surface area contributed by atoms with Crippen molar-refractivity contribution < 1.29 is 14.6 Å². The number of rotatable bonds is 4. The van der Waals surface area contributed by atoms with E-state index in [-0.39, 0.29) is 5.69 Å². The maximum Gasteiger partial charge on any atom is 0.286 e. The van der Waals surface area contributed by atoms with Gasteiger partial charge in [-0.25, -0.2) is 10.1 Å². The molecule has 0 aliphatic carbocycles. The van der Waals surface area contributed by atoms with Crippen molar-refractivity contribution in [2.45, 2.75) is 13.8 Å². The van der Waals surface area contributed by atoms with Crippen molar-refractivity contribution in [3.05, 3.63) is 34.4 Å². The summed E-state index contributed by atoms with van der Waals surface area (Å²) in [6.45, 7) is 3.50. The van der Waals surface area contributed by atoms with Gasteiger partial charge in [-0.2, -0.15) is 0 Å². The van der Waals surface area contributed by atoms with Gasteiger partial charge in [-0.1, -0.05) is 0 Å². The molecule has 1 amide bonds. The SMILES string of the molecule is CCOc1ccc(N(C(C)=O)[N+](=O)[O-])cc1. The Bertz CT molecular complexity index is 374. The summed E-state index contributed by atoms with van der Waals surface area (Å²) < 4.78 is 5.19. The lowest BCUT2D eigenvalue weighted by Gasteiger charge is -2.10. The molecule has 0 aromatic heterocycles. The van der Waals surface area contributed by atoms with Crippen LogP contribution >= 0.6 is 0 Å². The van der Waals surface area contributed by atoms with Gasteiger partial charge in [0.1, 0.15) is 11.4 Å².